The van der Waals surface area contributed by atoms with E-state index in [1.54, 1.807) is 0 Å². The van der Waals surface area contributed by atoms with E-state index < -0.39 is 0 Å². The third kappa shape index (κ3) is 3.23. The van der Waals surface area contributed by atoms with Gasteiger partial charge in [0.15, 0.2) is 0 Å². The minimum absolute atomic E-state index is 0.922. The number of fused-ring (bicyclic) bond motifs is 12. The number of furan rings is 1. The summed E-state index contributed by atoms with van der Waals surface area (Å²) in [5.74, 6) is 0. The van der Waals surface area contributed by atoms with Gasteiger partial charge in [-0.1, -0.05) is 127 Å². The summed E-state index contributed by atoms with van der Waals surface area (Å²) in [6, 6.07) is 52.7. The van der Waals surface area contributed by atoms with Crippen LogP contribution >= 0.6 is 11.3 Å². The molecule has 2 aromatic heterocycles. The van der Waals surface area contributed by atoms with Crippen molar-refractivity contribution in [3.63, 3.8) is 0 Å². The van der Waals surface area contributed by atoms with Gasteiger partial charge < -0.3 is 4.42 Å². The Hall–Kier alpha value is -5.44. The molecule has 1 nitrogen and oxygen atoms in total. The van der Waals surface area contributed by atoms with Crippen molar-refractivity contribution in [3.8, 4) is 22.3 Å². The van der Waals surface area contributed by atoms with Crippen LogP contribution in [0.15, 0.2) is 150 Å². The Labute approximate surface area is 257 Å². The molecule has 0 amide bonds. The zero-order valence-corrected chi connectivity index (χ0v) is 24.5. The minimum Gasteiger partial charge on any atom is -0.455 e. The Bertz CT molecular complexity index is 2710. The van der Waals surface area contributed by atoms with Crippen LogP contribution in [0.5, 0.6) is 0 Å². The zero-order chi connectivity index (χ0) is 28.8. The van der Waals surface area contributed by atoms with Crippen LogP contribution in [0.3, 0.4) is 0 Å². The molecule has 0 radical (unpaired) electrons. The summed E-state index contributed by atoms with van der Waals surface area (Å²) >= 11 is 1.88. The van der Waals surface area contributed by atoms with Crippen molar-refractivity contribution in [2.24, 2.45) is 0 Å². The molecule has 44 heavy (non-hydrogen) atoms. The number of benzene rings is 8. The smallest absolute Gasteiger partial charge is 0.143 e. The average Bonchev–Trinajstić information content (AvgIpc) is 3.66. The van der Waals surface area contributed by atoms with Gasteiger partial charge in [-0.05, 0) is 62.0 Å². The second-order valence-electron chi connectivity index (χ2n) is 11.6. The second kappa shape index (κ2) is 9.03. The van der Waals surface area contributed by atoms with Gasteiger partial charge in [-0.15, -0.1) is 11.3 Å². The molecule has 0 saturated carbocycles. The molecule has 0 bridgehead atoms. The minimum atomic E-state index is 0.922. The lowest BCUT2D eigenvalue weighted by Crippen LogP contribution is -1.90. The fourth-order valence-electron chi connectivity index (χ4n) is 7.41. The van der Waals surface area contributed by atoms with Crippen LogP contribution in [0.2, 0.25) is 0 Å². The van der Waals surface area contributed by atoms with Crippen LogP contribution in [0, 0.1) is 0 Å². The molecule has 204 valence electrons. The maximum Gasteiger partial charge on any atom is 0.143 e. The molecule has 2 heteroatoms. The fourth-order valence-corrected chi connectivity index (χ4v) is 8.66. The zero-order valence-electron chi connectivity index (χ0n) is 23.7. The Morgan fingerprint density at radius 3 is 1.61 bits per heavy atom. The highest BCUT2D eigenvalue weighted by atomic mass is 32.1. The molecule has 0 spiro atoms. The van der Waals surface area contributed by atoms with E-state index in [4.69, 9.17) is 4.42 Å². The quantitative estimate of drug-likeness (QED) is 0.187. The highest BCUT2D eigenvalue weighted by Gasteiger charge is 2.21. The van der Waals surface area contributed by atoms with Gasteiger partial charge in [0.25, 0.3) is 0 Å². The topological polar surface area (TPSA) is 13.1 Å². The number of rotatable bonds is 2. The molecule has 2 heterocycles. The van der Waals surface area contributed by atoms with Gasteiger partial charge in [0.05, 0.1) is 0 Å². The van der Waals surface area contributed by atoms with Crippen LogP contribution < -0.4 is 0 Å². The summed E-state index contributed by atoms with van der Waals surface area (Å²) in [5, 5.41) is 12.4. The summed E-state index contributed by atoms with van der Waals surface area (Å²) in [5.41, 5.74) is 6.82. The maximum atomic E-state index is 6.88. The van der Waals surface area contributed by atoms with Crippen LogP contribution in [-0.2, 0) is 0 Å². The third-order valence-corrected chi connectivity index (χ3v) is 10.4. The Morgan fingerprint density at radius 1 is 0.386 bits per heavy atom. The average molecular weight is 577 g/mol. The SMILES string of the molecule is c1ccc(-c2c3ccccc3c(-c3ccc4c(c3)oc3c5ccccc5c5sc6ccccc6c5c43)c3ccccc23)cc1. The first-order valence-corrected chi connectivity index (χ1v) is 15.8. The highest BCUT2D eigenvalue weighted by Crippen LogP contribution is 2.49. The maximum absolute atomic E-state index is 6.88. The van der Waals surface area contributed by atoms with E-state index in [9.17, 15) is 0 Å². The standard InChI is InChI=1S/C42H24OS/c1-2-12-25(13-3-1)37-27-14-4-6-16-29(27)38(30-17-7-5-15-28(30)37)26-22-23-33-35(24-26)43-41-31-18-8-9-19-32(31)42-40(39(33)41)34-20-10-11-21-36(34)44-42/h1-24H. The number of hydrogen-bond donors (Lipinski definition) is 0. The summed E-state index contributed by atoms with van der Waals surface area (Å²) < 4.78 is 9.51. The largest absolute Gasteiger partial charge is 0.455 e. The van der Waals surface area contributed by atoms with E-state index >= 15 is 0 Å². The lowest BCUT2D eigenvalue weighted by atomic mass is 9.86. The second-order valence-corrected chi connectivity index (χ2v) is 12.6. The Balaban J connectivity index is 1.33. The van der Waals surface area contributed by atoms with Crippen molar-refractivity contribution in [3.05, 3.63) is 146 Å². The first-order chi connectivity index (χ1) is 21.8. The molecule has 0 unspecified atom stereocenters. The van der Waals surface area contributed by atoms with E-state index in [0.29, 0.717) is 0 Å². The van der Waals surface area contributed by atoms with Crippen molar-refractivity contribution in [1.82, 2.24) is 0 Å². The Morgan fingerprint density at radius 2 is 0.932 bits per heavy atom. The molecule has 0 aliphatic carbocycles. The van der Waals surface area contributed by atoms with E-state index in [1.807, 2.05) is 11.3 Å². The van der Waals surface area contributed by atoms with Crippen LogP contribution in [0.25, 0.3) is 96.7 Å². The number of thiophene rings is 1. The predicted molar refractivity (Wildman–Crippen MR) is 190 cm³/mol. The van der Waals surface area contributed by atoms with Gasteiger partial charge in [-0.25, -0.2) is 0 Å². The molecule has 0 saturated heterocycles. The number of hydrogen-bond acceptors (Lipinski definition) is 2. The van der Waals surface area contributed by atoms with Gasteiger partial charge in [0, 0.05) is 41.7 Å². The molecule has 10 rings (SSSR count). The molecular formula is C42H24OS. The molecule has 0 N–H and O–H groups in total. The molecule has 10 aromatic rings. The predicted octanol–water partition coefficient (Wildman–Crippen LogP) is 12.7. The van der Waals surface area contributed by atoms with Gasteiger partial charge in [0.1, 0.15) is 11.2 Å². The van der Waals surface area contributed by atoms with E-state index in [0.717, 1.165) is 16.6 Å². The van der Waals surface area contributed by atoms with Crippen molar-refractivity contribution in [1.29, 1.82) is 0 Å². The van der Waals surface area contributed by atoms with Crippen molar-refractivity contribution in [2.75, 3.05) is 0 Å². The van der Waals surface area contributed by atoms with Gasteiger partial charge in [0.2, 0.25) is 0 Å². The van der Waals surface area contributed by atoms with Crippen LogP contribution in [0.1, 0.15) is 0 Å². The lowest BCUT2D eigenvalue weighted by Gasteiger charge is -2.17. The first-order valence-electron chi connectivity index (χ1n) is 15.0. The van der Waals surface area contributed by atoms with Gasteiger partial charge >= 0.3 is 0 Å². The van der Waals surface area contributed by atoms with Gasteiger partial charge in [-0.2, -0.15) is 0 Å². The van der Waals surface area contributed by atoms with E-state index in [2.05, 4.69) is 146 Å². The van der Waals surface area contributed by atoms with Crippen LogP contribution in [-0.4, -0.2) is 0 Å². The van der Waals surface area contributed by atoms with Crippen molar-refractivity contribution in [2.45, 2.75) is 0 Å². The molecular weight excluding hydrogens is 553 g/mol. The first kappa shape index (κ1) is 24.0. The normalized spacial score (nSPS) is 12.1. The summed E-state index contributed by atoms with van der Waals surface area (Å²) in [6.45, 7) is 0. The van der Waals surface area contributed by atoms with Crippen molar-refractivity contribution < 1.29 is 4.42 Å². The Kier molecular flexibility index (Phi) is 4.94. The van der Waals surface area contributed by atoms with Gasteiger partial charge in [-0.3, -0.25) is 0 Å². The summed E-state index contributed by atoms with van der Waals surface area (Å²) in [4.78, 5) is 0. The summed E-state index contributed by atoms with van der Waals surface area (Å²) in [6.07, 6.45) is 0. The van der Waals surface area contributed by atoms with E-state index in [-0.39, 0.29) is 0 Å². The molecule has 0 aliphatic heterocycles. The molecule has 0 fully saturated rings. The highest BCUT2D eigenvalue weighted by molar-refractivity contribution is 7.27. The monoisotopic (exact) mass is 576 g/mol. The third-order valence-electron chi connectivity index (χ3n) is 9.23. The van der Waals surface area contributed by atoms with Crippen molar-refractivity contribution >= 4 is 85.8 Å². The van der Waals surface area contributed by atoms with Crippen LogP contribution in [0.4, 0.5) is 0 Å². The van der Waals surface area contributed by atoms with E-state index in [1.165, 1.54) is 80.1 Å². The molecule has 0 atom stereocenters. The lowest BCUT2D eigenvalue weighted by molar-refractivity contribution is 0.673. The molecule has 0 aliphatic rings. The fraction of sp³-hybridized carbons (Fsp3) is 0. The summed E-state index contributed by atoms with van der Waals surface area (Å²) in [7, 11) is 0. The molecule has 8 aromatic carbocycles.